The van der Waals surface area contributed by atoms with Gasteiger partial charge in [0.25, 0.3) is 0 Å². The van der Waals surface area contributed by atoms with Gasteiger partial charge in [-0.3, -0.25) is 0 Å². The highest BCUT2D eigenvalue weighted by Gasteiger charge is 2.22. The fourth-order valence-electron chi connectivity index (χ4n) is 2.55. The lowest BCUT2D eigenvalue weighted by Crippen LogP contribution is -2.30. The number of aliphatic hydroxyl groups is 1. The average Bonchev–Trinajstić information content (AvgIpc) is 2.33. The standard InChI is InChI=1S/C18H21FO/c1-13-7-8-14(2)16(9-13)12-18(3,20)11-15-5-4-6-17(19)10-15/h4-10,20H,11-12H2,1-3H3. The molecule has 0 aliphatic heterocycles. The lowest BCUT2D eigenvalue weighted by Gasteiger charge is -2.24. The molecule has 2 aromatic rings. The van der Waals surface area contributed by atoms with Crippen molar-refractivity contribution >= 4 is 0 Å². The lowest BCUT2D eigenvalue weighted by molar-refractivity contribution is 0.0606. The second-order valence-electron chi connectivity index (χ2n) is 5.91. The molecular formula is C18H21FO. The van der Waals surface area contributed by atoms with Crippen LogP contribution in [-0.4, -0.2) is 10.7 Å². The van der Waals surface area contributed by atoms with Gasteiger partial charge in [-0.25, -0.2) is 4.39 Å². The van der Waals surface area contributed by atoms with Crippen LogP contribution in [0, 0.1) is 19.7 Å². The van der Waals surface area contributed by atoms with E-state index in [2.05, 4.69) is 18.2 Å². The Kier molecular flexibility index (Phi) is 4.24. The number of benzene rings is 2. The average molecular weight is 272 g/mol. The summed E-state index contributed by atoms with van der Waals surface area (Å²) in [4.78, 5) is 0. The van der Waals surface area contributed by atoms with Crippen molar-refractivity contribution in [1.29, 1.82) is 0 Å². The molecule has 20 heavy (non-hydrogen) atoms. The number of hydrogen-bond acceptors (Lipinski definition) is 1. The molecule has 0 aliphatic rings. The summed E-state index contributed by atoms with van der Waals surface area (Å²) < 4.78 is 13.2. The Labute approximate surface area is 120 Å². The molecule has 0 radical (unpaired) electrons. The van der Waals surface area contributed by atoms with Gasteiger partial charge in [-0.1, -0.05) is 35.9 Å². The molecule has 0 spiro atoms. The molecule has 0 saturated heterocycles. The van der Waals surface area contributed by atoms with Crippen LogP contribution >= 0.6 is 0 Å². The van der Waals surface area contributed by atoms with Gasteiger partial charge >= 0.3 is 0 Å². The summed E-state index contributed by atoms with van der Waals surface area (Å²) >= 11 is 0. The topological polar surface area (TPSA) is 20.2 Å². The van der Waals surface area contributed by atoms with E-state index in [4.69, 9.17) is 0 Å². The molecule has 0 fully saturated rings. The van der Waals surface area contributed by atoms with Gasteiger partial charge in [-0.05, 0) is 49.6 Å². The largest absolute Gasteiger partial charge is 0.389 e. The van der Waals surface area contributed by atoms with Gasteiger partial charge in [0.2, 0.25) is 0 Å². The number of hydrogen-bond donors (Lipinski definition) is 1. The third-order valence-corrected chi connectivity index (χ3v) is 3.55. The zero-order chi connectivity index (χ0) is 14.8. The van der Waals surface area contributed by atoms with Crippen LogP contribution < -0.4 is 0 Å². The Morgan fingerprint density at radius 1 is 1.05 bits per heavy atom. The maximum Gasteiger partial charge on any atom is 0.123 e. The first-order valence-corrected chi connectivity index (χ1v) is 6.89. The molecule has 0 saturated carbocycles. The van der Waals surface area contributed by atoms with Crippen molar-refractivity contribution in [3.8, 4) is 0 Å². The van der Waals surface area contributed by atoms with E-state index in [0.29, 0.717) is 12.8 Å². The van der Waals surface area contributed by atoms with Crippen molar-refractivity contribution in [3.63, 3.8) is 0 Å². The molecule has 1 atom stereocenters. The highest BCUT2D eigenvalue weighted by Crippen LogP contribution is 2.22. The van der Waals surface area contributed by atoms with Crippen LogP contribution in [0.1, 0.15) is 29.2 Å². The highest BCUT2D eigenvalue weighted by molar-refractivity contribution is 5.32. The van der Waals surface area contributed by atoms with Crippen molar-refractivity contribution in [2.24, 2.45) is 0 Å². The maximum absolute atomic E-state index is 13.2. The van der Waals surface area contributed by atoms with Gasteiger partial charge in [-0.15, -0.1) is 0 Å². The van der Waals surface area contributed by atoms with E-state index >= 15 is 0 Å². The van der Waals surface area contributed by atoms with Crippen molar-refractivity contribution in [2.45, 2.75) is 39.2 Å². The maximum atomic E-state index is 13.2. The number of halogens is 1. The SMILES string of the molecule is Cc1ccc(C)c(CC(C)(O)Cc2cccc(F)c2)c1. The molecule has 0 bridgehead atoms. The molecule has 0 aromatic heterocycles. The lowest BCUT2D eigenvalue weighted by atomic mass is 9.88. The minimum atomic E-state index is -0.883. The van der Waals surface area contributed by atoms with E-state index in [9.17, 15) is 9.50 Å². The van der Waals surface area contributed by atoms with E-state index in [1.165, 1.54) is 23.3 Å². The summed E-state index contributed by atoms with van der Waals surface area (Å²) in [6, 6.07) is 12.7. The highest BCUT2D eigenvalue weighted by atomic mass is 19.1. The molecule has 1 N–H and O–H groups in total. The van der Waals surface area contributed by atoms with E-state index in [0.717, 1.165) is 11.1 Å². The predicted octanol–water partition coefficient (Wildman–Crippen LogP) is 3.98. The van der Waals surface area contributed by atoms with E-state index < -0.39 is 5.60 Å². The van der Waals surface area contributed by atoms with Gasteiger partial charge in [0.05, 0.1) is 5.60 Å². The second kappa shape index (κ2) is 5.76. The van der Waals surface area contributed by atoms with Gasteiger partial charge < -0.3 is 5.11 Å². The molecule has 1 nitrogen and oxygen atoms in total. The second-order valence-corrected chi connectivity index (χ2v) is 5.91. The Bertz CT molecular complexity index is 602. The first-order valence-electron chi connectivity index (χ1n) is 6.89. The molecule has 106 valence electrons. The van der Waals surface area contributed by atoms with Crippen molar-refractivity contribution in [1.82, 2.24) is 0 Å². The number of rotatable bonds is 4. The van der Waals surface area contributed by atoms with E-state index in [1.54, 1.807) is 13.0 Å². The van der Waals surface area contributed by atoms with Crippen LogP contribution in [0.3, 0.4) is 0 Å². The zero-order valence-electron chi connectivity index (χ0n) is 12.3. The van der Waals surface area contributed by atoms with Crippen LogP contribution in [-0.2, 0) is 12.8 Å². The first-order chi connectivity index (χ1) is 9.35. The Hall–Kier alpha value is -1.67. The van der Waals surface area contributed by atoms with Gasteiger partial charge in [0.15, 0.2) is 0 Å². The Morgan fingerprint density at radius 2 is 1.80 bits per heavy atom. The van der Waals surface area contributed by atoms with Crippen molar-refractivity contribution < 1.29 is 9.50 Å². The quantitative estimate of drug-likeness (QED) is 0.892. The fraction of sp³-hybridized carbons (Fsp3) is 0.333. The third-order valence-electron chi connectivity index (χ3n) is 3.55. The predicted molar refractivity (Wildman–Crippen MR) is 80.3 cm³/mol. The van der Waals surface area contributed by atoms with Crippen molar-refractivity contribution in [2.75, 3.05) is 0 Å². The van der Waals surface area contributed by atoms with Crippen LogP contribution in [0.15, 0.2) is 42.5 Å². The fourth-order valence-corrected chi connectivity index (χ4v) is 2.55. The van der Waals surface area contributed by atoms with Gasteiger partial charge in [0, 0.05) is 12.8 Å². The van der Waals surface area contributed by atoms with Gasteiger partial charge in [-0.2, -0.15) is 0 Å². The minimum absolute atomic E-state index is 0.259. The summed E-state index contributed by atoms with van der Waals surface area (Å²) in [6.07, 6.45) is 1.01. The molecular weight excluding hydrogens is 251 g/mol. The van der Waals surface area contributed by atoms with Crippen LogP contribution in [0.4, 0.5) is 4.39 Å². The first kappa shape index (κ1) is 14.7. The Balaban J connectivity index is 2.16. The molecule has 1 unspecified atom stereocenters. The third kappa shape index (κ3) is 3.91. The summed E-state index contributed by atoms with van der Waals surface area (Å²) in [5.74, 6) is -0.259. The van der Waals surface area contributed by atoms with Gasteiger partial charge in [0.1, 0.15) is 5.82 Å². The number of aryl methyl sites for hydroxylation is 2. The molecule has 0 amide bonds. The summed E-state index contributed by atoms with van der Waals surface area (Å²) in [5, 5.41) is 10.6. The summed E-state index contributed by atoms with van der Waals surface area (Å²) in [5.41, 5.74) is 3.45. The van der Waals surface area contributed by atoms with E-state index in [-0.39, 0.29) is 5.82 Å². The normalized spacial score (nSPS) is 14.1. The van der Waals surface area contributed by atoms with Crippen molar-refractivity contribution in [3.05, 3.63) is 70.5 Å². The van der Waals surface area contributed by atoms with Crippen LogP contribution in [0.2, 0.25) is 0 Å². The zero-order valence-corrected chi connectivity index (χ0v) is 12.3. The van der Waals surface area contributed by atoms with Crippen LogP contribution in [0.5, 0.6) is 0 Å². The molecule has 2 aromatic carbocycles. The summed E-state index contributed by atoms with van der Waals surface area (Å²) in [7, 11) is 0. The van der Waals surface area contributed by atoms with E-state index in [1.807, 2.05) is 19.9 Å². The molecule has 2 heteroatoms. The smallest absolute Gasteiger partial charge is 0.123 e. The van der Waals surface area contributed by atoms with Crippen LogP contribution in [0.25, 0.3) is 0 Å². The molecule has 2 rings (SSSR count). The molecule has 0 heterocycles. The monoisotopic (exact) mass is 272 g/mol. The molecule has 0 aliphatic carbocycles. The Morgan fingerprint density at radius 3 is 2.50 bits per heavy atom. The summed E-state index contributed by atoms with van der Waals surface area (Å²) in [6.45, 7) is 5.90. The minimum Gasteiger partial charge on any atom is -0.389 e.